The zero-order valence-corrected chi connectivity index (χ0v) is 8.63. The molecule has 1 saturated heterocycles. The van der Waals surface area contributed by atoms with Gasteiger partial charge in [-0.2, -0.15) is 0 Å². The van der Waals surface area contributed by atoms with Gasteiger partial charge in [0.1, 0.15) is 5.78 Å². The monoisotopic (exact) mass is 170 g/mol. The van der Waals surface area contributed by atoms with Crippen LogP contribution in [0.3, 0.4) is 0 Å². The van der Waals surface area contributed by atoms with Crippen LogP contribution in [0.2, 0.25) is 0 Å². The predicted octanol–water partition coefficient (Wildman–Crippen LogP) is 1.45. The van der Waals surface area contributed by atoms with Crippen molar-refractivity contribution in [2.45, 2.75) is 33.2 Å². The van der Waals surface area contributed by atoms with Crippen LogP contribution in [0, 0.1) is 5.92 Å². The minimum absolute atomic E-state index is 0.270. The first-order valence-electron chi connectivity index (χ1n) is 4.86. The van der Waals surface area contributed by atoms with Gasteiger partial charge >= 0.3 is 0 Å². The Labute approximate surface area is 75.1 Å². The van der Waals surface area contributed by atoms with Crippen molar-refractivity contribution in [3.63, 3.8) is 0 Å². The van der Waals surface area contributed by atoms with Crippen LogP contribution in [-0.2, 0) is 4.79 Å². The topological polar surface area (TPSA) is 17.1 Å². The number of likely N-dealkylation sites (tertiary alicyclic amines) is 1. The zero-order chi connectivity index (χ0) is 9.35. The molecule has 0 aromatic carbocycles. The third kappa shape index (κ3) is 1.53. The number of nitrogens with zero attached hydrogens (tertiary/aromatic N) is 1. The lowest BCUT2D eigenvalue weighted by Crippen LogP contribution is -2.58. The van der Waals surface area contributed by atoms with E-state index in [1.165, 1.54) is 0 Å². The van der Waals surface area contributed by atoms with Crippen molar-refractivity contribution in [2.75, 3.05) is 20.1 Å². The summed E-state index contributed by atoms with van der Waals surface area (Å²) in [6.07, 6.45) is 0.769. The number of piperidine rings is 1. The summed E-state index contributed by atoms with van der Waals surface area (Å²) < 4.78 is 1.06. The molecule has 0 aliphatic carbocycles. The number of hydrogen-bond acceptors (Lipinski definition) is 1. The summed E-state index contributed by atoms with van der Waals surface area (Å²) in [6, 6.07) is 0.513. The van der Waals surface area contributed by atoms with Gasteiger partial charge in [0.25, 0.3) is 0 Å². The highest BCUT2D eigenvalue weighted by atomic mass is 16.1. The Balaban J connectivity index is 2.74. The maximum absolute atomic E-state index is 11.4. The fraction of sp³-hybridized carbons (Fsp3) is 0.900. The van der Waals surface area contributed by atoms with Gasteiger partial charge in [-0.05, 0) is 13.8 Å². The lowest BCUT2D eigenvalue weighted by Gasteiger charge is -2.44. The molecule has 0 radical (unpaired) electrons. The molecule has 0 spiro atoms. The van der Waals surface area contributed by atoms with Crippen LogP contribution >= 0.6 is 0 Å². The number of rotatable bonds is 1. The van der Waals surface area contributed by atoms with Crippen LogP contribution < -0.4 is 0 Å². The van der Waals surface area contributed by atoms with E-state index in [1.807, 2.05) is 0 Å². The van der Waals surface area contributed by atoms with E-state index in [-0.39, 0.29) is 5.92 Å². The molecular formula is C10H20NO+. The van der Waals surface area contributed by atoms with Gasteiger partial charge in [-0.3, -0.25) is 4.79 Å². The third-order valence-electron chi connectivity index (χ3n) is 3.52. The van der Waals surface area contributed by atoms with Crippen molar-refractivity contribution in [1.82, 2.24) is 0 Å². The molecule has 2 heteroatoms. The first-order chi connectivity index (χ1) is 5.49. The Morgan fingerprint density at radius 3 is 2.58 bits per heavy atom. The van der Waals surface area contributed by atoms with E-state index in [9.17, 15) is 4.79 Å². The van der Waals surface area contributed by atoms with Crippen molar-refractivity contribution < 1.29 is 9.28 Å². The number of carbonyl (C=O) groups is 1. The standard InChI is InChI=1S/C10H20NO/c1-5-11(4)7-8(2)10(12)6-9(11)3/h8-9H,5-7H2,1-4H3/q+1/t8-,9-,11?/m0/s1. The van der Waals surface area contributed by atoms with Crippen LogP contribution in [0.5, 0.6) is 0 Å². The molecule has 0 amide bonds. The minimum Gasteiger partial charge on any atom is -0.323 e. The summed E-state index contributed by atoms with van der Waals surface area (Å²) in [4.78, 5) is 11.4. The molecule has 1 unspecified atom stereocenters. The first-order valence-corrected chi connectivity index (χ1v) is 4.86. The molecule has 2 nitrogen and oxygen atoms in total. The van der Waals surface area contributed by atoms with E-state index in [4.69, 9.17) is 0 Å². The maximum atomic E-state index is 11.4. The molecule has 0 aromatic rings. The molecule has 12 heavy (non-hydrogen) atoms. The molecule has 0 N–H and O–H groups in total. The van der Waals surface area contributed by atoms with Gasteiger partial charge in [0, 0.05) is 0 Å². The zero-order valence-electron chi connectivity index (χ0n) is 8.63. The Bertz CT molecular complexity index is 190. The number of hydrogen-bond donors (Lipinski definition) is 0. The molecule has 1 rings (SSSR count). The number of carbonyl (C=O) groups excluding carboxylic acids is 1. The molecule has 1 aliphatic rings. The normalized spacial score (nSPS) is 43.2. The summed E-state index contributed by atoms with van der Waals surface area (Å²) >= 11 is 0. The average molecular weight is 170 g/mol. The summed E-state index contributed by atoms with van der Waals surface area (Å²) in [5.74, 6) is 0.720. The second-order valence-electron chi connectivity index (χ2n) is 4.40. The molecule has 3 atom stereocenters. The van der Waals surface area contributed by atoms with Gasteiger partial charge in [0.2, 0.25) is 0 Å². The molecule has 1 heterocycles. The SMILES string of the molecule is CC[N+]1(C)C[C@H](C)C(=O)C[C@@H]1C. The molecule has 70 valence electrons. The Morgan fingerprint density at radius 1 is 1.50 bits per heavy atom. The predicted molar refractivity (Wildman–Crippen MR) is 49.8 cm³/mol. The van der Waals surface area contributed by atoms with Crippen molar-refractivity contribution in [3.05, 3.63) is 0 Å². The molecular weight excluding hydrogens is 150 g/mol. The molecule has 0 saturated carbocycles. The summed E-state index contributed by atoms with van der Waals surface area (Å²) in [5.41, 5.74) is 0. The van der Waals surface area contributed by atoms with Gasteiger partial charge in [-0.1, -0.05) is 6.92 Å². The van der Waals surface area contributed by atoms with E-state index in [1.54, 1.807) is 0 Å². The highest BCUT2D eigenvalue weighted by Crippen LogP contribution is 2.24. The second-order valence-corrected chi connectivity index (χ2v) is 4.40. The van der Waals surface area contributed by atoms with Gasteiger partial charge in [-0.15, -0.1) is 0 Å². The van der Waals surface area contributed by atoms with Crippen LogP contribution in [0.15, 0.2) is 0 Å². The third-order valence-corrected chi connectivity index (χ3v) is 3.52. The van der Waals surface area contributed by atoms with Crippen LogP contribution in [0.25, 0.3) is 0 Å². The highest BCUT2D eigenvalue weighted by Gasteiger charge is 2.38. The summed E-state index contributed by atoms with van der Waals surface area (Å²) in [6.45, 7) is 8.61. The Kier molecular flexibility index (Phi) is 2.57. The average Bonchev–Trinajstić information content (AvgIpc) is 2.01. The van der Waals surface area contributed by atoms with E-state index >= 15 is 0 Å². The summed E-state index contributed by atoms with van der Waals surface area (Å²) in [5, 5.41) is 0. The van der Waals surface area contributed by atoms with Gasteiger partial charge in [-0.25, -0.2) is 0 Å². The van der Waals surface area contributed by atoms with Crippen molar-refractivity contribution >= 4 is 5.78 Å². The van der Waals surface area contributed by atoms with E-state index in [0.29, 0.717) is 11.8 Å². The van der Waals surface area contributed by atoms with E-state index < -0.39 is 0 Å². The van der Waals surface area contributed by atoms with Crippen LogP contribution in [0.1, 0.15) is 27.2 Å². The van der Waals surface area contributed by atoms with E-state index in [0.717, 1.165) is 24.0 Å². The largest absolute Gasteiger partial charge is 0.323 e. The fourth-order valence-corrected chi connectivity index (χ4v) is 2.06. The summed E-state index contributed by atoms with van der Waals surface area (Å²) in [7, 11) is 2.26. The molecule has 1 fully saturated rings. The highest BCUT2D eigenvalue weighted by molar-refractivity contribution is 5.81. The van der Waals surface area contributed by atoms with Gasteiger partial charge in [0.05, 0.1) is 38.5 Å². The Hall–Kier alpha value is -0.370. The smallest absolute Gasteiger partial charge is 0.147 e. The van der Waals surface area contributed by atoms with Crippen molar-refractivity contribution in [1.29, 1.82) is 0 Å². The quantitative estimate of drug-likeness (QED) is 0.544. The first kappa shape index (κ1) is 9.72. The van der Waals surface area contributed by atoms with Gasteiger partial charge in [0.15, 0.2) is 0 Å². The fourth-order valence-electron chi connectivity index (χ4n) is 2.06. The second kappa shape index (κ2) is 3.17. The number of Topliss-reactive ketones (excluding diaryl/α,β-unsaturated/α-hetero) is 1. The molecule has 0 aromatic heterocycles. The van der Waals surface area contributed by atoms with Crippen LogP contribution in [0.4, 0.5) is 0 Å². The lowest BCUT2D eigenvalue weighted by atomic mass is 9.91. The lowest BCUT2D eigenvalue weighted by molar-refractivity contribution is -0.934. The minimum atomic E-state index is 0.270. The number of quaternary nitrogens is 1. The molecule has 0 bridgehead atoms. The van der Waals surface area contributed by atoms with Crippen LogP contribution in [-0.4, -0.2) is 36.4 Å². The van der Waals surface area contributed by atoms with E-state index in [2.05, 4.69) is 27.8 Å². The Morgan fingerprint density at radius 2 is 2.08 bits per heavy atom. The maximum Gasteiger partial charge on any atom is 0.147 e. The van der Waals surface area contributed by atoms with Gasteiger partial charge < -0.3 is 4.48 Å². The van der Waals surface area contributed by atoms with Crippen molar-refractivity contribution in [2.24, 2.45) is 5.92 Å². The molecule has 1 aliphatic heterocycles. The number of ketones is 1. The van der Waals surface area contributed by atoms with Crippen molar-refractivity contribution in [3.8, 4) is 0 Å².